The van der Waals surface area contributed by atoms with E-state index in [1.807, 2.05) is 6.92 Å². The maximum Gasteiger partial charge on any atom is 0.0653 e. The smallest absolute Gasteiger partial charge is 0.0653 e. The van der Waals surface area contributed by atoms with Gasteiger partial charge in [-0.15, -0.1) is 0 Å². The molecule has 1 aromatic heterocycles. The van der Waals surface area contributed by atoms with E-state index in [-0.39, 0.29) is 0 Å². The molecule has 1 aromatic rings. The van der Waals surface area contributed by atoms with Crippen molar-refractivity contribution in [3.63, 3.8) is 0 Å². The Morgan fingerprint density at radius 1 is 1.64 bits per heavy atom. The number of hydroxylamine groups is 1. The second-order valence-electron chi connectivity index (χ2n) is 2.21. The topological polar surface area (TPSA) is 21.3 Å². The first-order valence-corrected chi connectivity index (χ1v) is 4.73. The van der Waals surface area contributed by atoms with E-state index in [1.54, 1.807) is 11.3 Å². The summed E-state index contributed by atoms with van der Waals surface area (Å²) in [5.74, 6) is 0. The van der Waals surface area contributed by atoms with E-state index in [4.69, 9.17) is 4.84 Å². The van der Waals surface area contributed by atoms with Gasteiger partial charge in [-0.1, -0.05) is 0 Å². The molecule has 0 saturated heterocycles. The van der Waals surface area contributed by atoms with Gasteiger partial charge < -0.3 is 4.84 Å². The van der Waals surface area contributed by atoms with Crippen molar-refractivity contribution in [3.8, 4) is 0 Å². The lowest BCUT2D eigenvalue weighted by Gasteiger charge is -2.00. The molecule has 0 fully saturated rings. The predicted octanol–water partition coefficient (Wildman–Crippen LogP) is 1.83. The van der Waals surface area contributed by atoms with Gasteiger partial charge in [-0.25, -0.2) is 5.48 Å². The summed E-state index contributed by atoms with van der Waals surface area (Å²) in [7, 11) is 0. The first-order valence-electron chi connectivity index (χ1n) is 3.79. The molecule has 0 aromatic carbocycles. The number of nitrogens with one attached hydrogen (secondary N) is 1. The van der Waals surface area contributed by atoms with Gasteiger partial charge in [0.1, 0.15) is 0 Å². The Labute approximate surface area is 71.1 Å². The molecule has 0 amide bonds. The van der Waals surface area contributed by atoms with Crippen LogP contribution in [0.1, 0.15) is 12.5 Å². The summed E-state index contributed by atoms with van der Waals surface area (Å²) in [6.07, 6.45) is 1.05. The molecule has 0 radical (unpaired) electrons. The van der Waals surface area contributed by atoms with Crippen LogP contribution in [0.25, 0.3) is 0 Å². The monoisotopic (exact) mass is 171 g/mol. The highest BCUT2D eigenvalue weighted by atomic mass is 32.1. The largest absolute Gasteiger partial charge is 0.302 e. The third kappa shape index (κ3) is 3.51. The van der Waals surface area contributed by atoms with E-state index in [0.717, 1.165) is 19.6 Å². The Balaban J connectivity index is 2.04. The zero-order valence-corrected chi connectivity index (χ0v) is 7.49. The molecular weight excluding hydrogens is 158 g/mol. The molecule has 0 aliphatic rings. The first-order chi connectivity index (χ1) is 5.43. The van der Waals surface area contributed by atoms with Crippen molar-refractivity contribution in [3.05, 3.63) is 22.4 Å². The molecule has 0 saturated carbocycles. The second kappa shape index (κ2) is 5.29. The molecule has 62 valence electrons. The third-order valence-electron chi connectivity index (χ3n) is 1.34. The molecule has 0 unspecified atom stereocenters. The molecule has 1 rings (SSSR count). The molecule has 1 N–H and O–H groups in total. The van der Waals surface area contributed by atoms with Crippen molar-refractivity contribution in [1.82, 2.24) is 5.48 Å². The zero-order chi connectivity index (χ0) is 7.94. The minimum atomic E-state index is 0.726. The maximum absolute atomic E-state index is 4.99. The van der Waals surface area contributed by atoms with E-state index in [1.165, 1.54) is 5.56 Å². The van der Waals surface area contributed by atoms with Gasteiger partial charge in [-0.3, -0.25) is 0 Å². The number of rotatable bonds is 5. The lowest BCUT2D eigenvalue weighted by atomic mass is 10.2. The standard InChI is InChI=1S/C8H13NOS/c1-2-10-9-5-3-8-4-6-11-7-8/h4,6-7,9H,2-3,5H2,1H3. The van der Waals surface area contributed by atoms with Gasteiger partial charge in [0, 0.05) is 6.54 Å². The Bertz CT molecular complexity index is 174. The van der Waals surface area contributed by atoms with Crippen LogP contribution in [0, 0.1) is 0 Å². The Hall–Kier alpha value is -0.380. The molecule has 0 aliphatic carbocycles. The van der Waals surface area contributed by atoms with Crippen LogP contribution < -0.4 is 5.48 Å². The van der Waals surface area contributed by atoms with Gasteiger partial charge in [-0.05, 0) is 35.7 Å². The van der Waals surface area contributed by atoms with Crippen LogP contribution in [0.5, 0.6) is 0 Å². The van der Waals surface area contributed by atoms with Gasteiger partial charge in [-0.2, -0.15) is 11.3 Å². The second-order valence-corrected chi connectivity index (χ2v) is 2.99. The van der Waals surface area contributed by atoms with Gasteiger partial charge in [0.2, 0.25) is 0 Å². The van der Waals surface area contributed by atoms with Crippen molar-refractivity contribution >= 4 is 11.3 Å². The average molecular weight is 171 g/mol. The molecule has 0 atom stereocenters. The Morgan fingerprint density at radius 3 is 3.18 bits per heavy atom. The molecular formula is C8H13NOS. The van der Waals surface area contributed by atoms with E-state index < -0.39 is 0 Å². The fourth-order valence-corrected chi connectivity index (χ4v) is 1.51. The summed E-state index contributed by atoms with van der Waals surface area (Å²) in [4.78, 5) is 4.99. The van der Waals surface area contributed by atoms with Crippen molar-refractivity contribution in [2.75, 3.05) is 13.2 Å². The van der Waals surface area contributed by atoms with Crippen LogP contribution in [-0.2, 0) is 11.3 Å². The summed E-state index contributed by atoms with van der Waals surface area (Å²) in [6.45, 7) is 3.59. The predicted molar refractivity (Wildman–Crippen MR) is 47.7 cm³/mol. The Kier molecular flexibility index (Phi) is 4.19. The van der Waals surface area contributed by atoms with Crippen LogP contribution in [0.2, 0.25) is 0 Å². The maximum atomic E-state index is 4.99. The van der Waals surface area contributed by atoms with Crippen LogP contribution >= 0.6 is 11.3 Å². The highest BCUT2D eigenvalue weighted by Crippen LogP contribution is 2.05. The molecule has 2 nitrogen and oxygen atoms in total. The lowest BCUT2D eigenvalue weighted by Crippen LogP contribution is -2.17. The van der Waals surface area contributed by atoms with E-state index in [2.05, 4.69) is 22.3 Å². The average Bonchev–Trinajstić information content (AvgIpc) is 2.50. The highest BCUT2D eigenvalue weighted by molar-refractivity contribution is 7.07. The van der Waals surface area contributed by atoms with Crippen LogP contribution in [-0.4, -0.2) is 13.2 Å². The van der Waals surface area contributed by atoms with E-state index in [0.29, 0.717) is 0 Å². The SMILES string of the molecule is CCONCCc1ccsc1. The number of thiophene rings is 1. The zero-order valence-electron chi connectivity index (χ0n) is 6.67. The molecule has 0 spiro atoms. The van der Waals surface area contributed by atoms with Crippen molar-refractivity contribution in [2.45, 2.75) is 13.3 Å². The van der Waals surface area contributed by atoms with Crippen LogP contribution in [0.3, 0.4) is 0 Å². The van der Waals surface area contributed by atoms with E-state index in [9.17, 15) is 0 Å². The minimum Gasteiger partial charge on any atom is -0.302 e. The highest BCUT2D eigenvalue weighted by Gasteiger charge is 1.91. The summed E-state index contributed by atoms with van der Waals surface area (Å²) >= 11 is 1.73. The van der Waals surface area contributed by atoms with Gasteiger partial charge in [0.15, 0.2) is 0 Å². The van der Waals surface area contributed by atoms with Gasteiger partial charge in [0.25, 0.3) is 0 Å². The van der Waals surface area contributed by atoms with E-state index >= 15 is 0 Å². The molecule has 0 bridgehead atoms. The summed E-state index contributed by atoms with van der Waals surface area (Å²) in [5, 5.41) is 4.25. The number of hydrogen-bond acceptors (Lipinski definition) is 3. The van der Waals surface area contributed by atoms with Gasteiger partial charge >= 0.3 is 0 Å². The van der Waals surface area contributed by atoms with Crippen molar-refractivity contribution in [2.24, 2.45) is 0 Å². The van der Waals surface area contributed by atoms with Crippen molar-refractivity contribution < 1.29 is 4.84 Å². The number of hydrogen-bond donors (Lipinski definition) is 1. The molecule has 1 heterocycles. The summed E-state index contributed by atoms with van der Waals surface area (Å²) in [6, 6.07) is 2.14. The fourth-order valence-electron chi connectivity index (χ4n) is 0.805. The third-order valence-corrected chi connectivity index (χ3v) is 2.07. The lowest BCUT2D eigenvalue weighted by molar-refractivity contribution is 0.0519. The first kappa shape index (κ1) is 8.71. The Morgan fingerprint density at radius 2 is 2.55 bits per heavy atom. The summed E-state index contributed by atoms with van der Waals surface area (Å²) in [5.41, 5.74) is 4.26. The quantitative estimate of drug-likeness (QED) is 0.539. The summed E-state index contributed by atoms with van der Waals surface area (Å²) < 4.78 is 0. The van der Waals surface area contributed by atoms with Crippen LogP contribution in [0.4, 0.5) is 0 Å². The molecule has 0 aliphatic heterocycles. The molecule has 11 heavy (non-hydrogen) atoms. The van der Waals surface area contributed by atoms with Crippen molar-refractivity contribution in [1.29, 1.82) is 0 Å². The van der Waals surface area contributed by atoms with Gasteiger partial charge in [0.05, 0.1) is 6.61 Å². The fraction of sp³-hybridized carbons (Fsp3) is 0.500. The molecule has 3 heteroatoms. The minimum absolute atomic E-state index is 0.726. The normalized spacial score (nSPS) is 10.3. The van der Waals surface area contributed by atoms with Crippen LogP contribution in [0.15, 0.2) is 16.8 Å².